The molecule has 7 heteroatoms. The van der Waals surface area contributed by atoms with Crippen LogP contribution >= 0.6 is 0 Å². The van der Waals surface area contributed by atoms with E-state index < -0.39 is 18.7 Å². The molecule has 0 spiro atoms. The largest absolute Gasteiger partial charge is 0.480 e. The van der Waals surface area contributed by atoms with Gasteiger partial charge in [0.1, 0.15) is 6.61 Å². The maximum atomic E-state index is 10.4. The van der Waals surface area contributed by atoms with E-state index in [1.165, 1.54) is 0 Å². The molecule has 1 aromatic rings. The normalized spacial score (nSPS) is 11.6. The second-order valence-electron chi connectivity index (χ2n) is 3.74. The Labute approximate surface area is 110 Å². The number of carbonyl (C=O) groups is 1. The monoisotopic (exact) mass is 265 g/mol. The first-order valence-electron chi connectivity index (χ1n) is 5.68. The molecule has 0 heterocycles. The van der Waals surface area contributed by atoms with Gasteiger partial charge >= 0.3 is 5.97 Å². The Morgan fingerprint density at radius 3 is 2.79 bits per heavy atom. The van der Waals surface area contributed by atoms with Crippen LogP contribution in [0, 0.1) is 0 Å². The minimum absolute atomic E-state index is 0.0402. The van der Waals surface area contributed by atoms with E-state index in [4.69, 9.17) is 20.1 Å². The highest BCUT2D eigenvalue weighted by molar-refractivity contribution is 5.68. The van der Waals surface area contributed by atoms with Crippen molar-refractivity contribution in [3.63, 3.8) is 0 Å². The van der Waals surface area contributed by atoms with Crippen LogP contribution in [0.5, 0.6) is 0 Å². The highest BCUT2D eigenvalue weighted by atomic mass is 16.5. The summed E-state index contributed by atoms with van der Waals surface area (Å²) in [7, 11) is 0. The van der Waals surface area contributed by atoms with Gasteiger partial charge in [0, 0.05) is 4.91 Å². The number of azide groups is 1. The van der Waals surface area contributed by atoms with Gasteiger partial charge in [0.25, 0.3) is 0 Å². The van der Waals surface area contributed by atoms with Gasteiger partial charge in [-0.25, -0.2) is 4.79 Å². The average molecular weight is 265 g/mol. The van der Waals surface area contributed by atoms with Crippen LogP contribution < -0.4 is 0 Å². The number of hydrogen-bond donors (Lipinski definition) is 1. The van der Waals surface area contributed by atoms with Crippen LogP contribution in [0.4, 0.5) is 0 Å². The van der Waals surface area contributed by atoms with Gasteiger partial charge in [-0.05, 0) is 11.1 Å². The molecule has 0 radical (unpaired) electrons. The highest BCUT2D eigenvalue weighted by Gasteiger charge is 2.10. The van der Waals surface area contributed by atoms with E-state index in [2.05, 4.69) is 10.0 Å². The fourth-order valence-electron chi connectivity index (χ4n) is 1.35. The predicted molar refractivity (Wildman–Crippen MR) is 67.5 cm³/mol. The maximum Gasteiger partial charge on any atom is 0.329 e. The Kier molecular flexibility index (Phi) is 7.04. The van der Waals surface area contributed by atoms with Crippen molar-refractivity contribution in [1.29, 1.82) is 0 Å². The standard InChI is InChI=1S/C12H15N3O4/c13-15-14-6-11(19-9-12(16)17)8-18-7-10-4-2-1-3-5-10/h1-5,11H,6-9H2,(H,16,17)/t11-/m0/s1. The first-order chi connectivity index (χ1) is 9.22. The molecule has 0 saturated carbocycles. The summed E-state index contributed by atoms with van der Waals surface area (Å²) in [6, 6.07) is 9.54. The fraction of sp³-hybridized carbons (Fsp3) is 0.417. The van der Waals surface area contributed by atoms with E-state index in [1.54, 1.807) is 0 Å². The minimum Gasteiger partial charge on any atom is -0.480 e. The Morgan fingerprint density at radius 1 is 1.42 bits per heavy atom. The fourth-order valence-corrected chi connectivity index (χ4v) is 1.35. The number of carboxylic acid groups (broad SMARTS) is 1. The Hall–Kier alpha value is -2.08. The van der Waals surface area contributed by atoms with Gasteiger partial charge < -0.3 is 14.6 Å². The average Bonchev–Trinajstić information content (AvgIpc) is 2.42. The summed E-state index contributed by atoms with van der Waals surface area (Å²) in [5.74, 6) is -1.08. The van der Waals surface area contributed by atoms with E-state index in [1.807, 2.05) is 30.3 Å². The van der Waals surface area contributed by atoms with Crippen molar-refractivity contribution in [2.75, 3.05) is 19.8 Å². The molecule has 0 amide bonds. The van der Waals surface area contributed by atoms with E-state index in [9.17, 15) is 4.79 Å². The van der Waals surface area contributed by atoms with Crippen LogP contribution in [0.15, 0.2) is 35.4 Å². The second-order valence-corrected chi connectivity index (χ2v) is 3.74. The maximum absolute atomic E-state index is 10.4. The summed E-state index contributed by atoms with van der Waals surface area (Å²) in [5.41, 5.74) is 9.24. The lowest BCUT2D eigenvalue weighted by molar-refractivity contribution is -0.145. The van der Waals surface area contributed by atoms with Crippen LogP contribution in [0.3, 0.4) is 0 Å². The third-order valence-corrected chi connectivity index (χ3v) is 2.21. The quantitative estimate of drug-likeness (QED) is 0.418. The molecule has 0 fully saturated rings. The lowest BCUT2D eigenvalue weighted by atomic mass is 10.2. The number of aliphatic carboxylic acids is 1. The van der Waals surface area contributed by atoms with Crippen molar-refractivity contribution in [2.45, 2.75) is 12.7 Å². The molecule has 0 aliphatic heterocycles. The molecule has 102 valence electrons. The van der Waals surface area contributed by atoms with Gasteiger partial charge in [0.05, 0.1) is 25.9 Å². The van der Waals surface area contributed by atoms with E-state index in [-0.39, 0.29) is 13.2 Å². The highest BCUT2D eigenvalue weighted by Crippen LogP contribution is 2.03. The van der Waals surface area contributed by atoms with Crippen LogP contribution in [0.25, 0.3) is 10.4 Å². The Balaban J connectivity index is 2.34. The Morgan fingerprint density at radius 2 is 2.16 bits per heavy atom. The van der Waals surface area contributed by atoms with Crippen molar-refractivity contribution in [2.24, 2.45) is 5.11 Å². The van der Waals surface area contributed by atoms with Crippen LogP contribution in [-0.4, -0.2) is 36.9 Å². The third kappa shape index (κ3) is 7.05. The summed E-state index contributed by atoms with van der Waals surface area (Å²) < 4.78 is 10.5. The summed E-state index contributed by atoms with van der Waals surface area (Å²) in [5, 5.41) is 11.9. The smallest absolute Gasteiger partial charge is 0.329 e. The molecule has 19 heavy (non-hydrogen) atoms. The molecule has 1 rings (SSSR count). The van der Waals surface area contributed by atoms with Gasteiger partial charge in [0.2, 0.25) is 0 Å². The van der Waals surface area contributed by atoms with Crippen LogP contribution in [0.2, 0.25) is 0 Å². The third-order valence-electron chi connectivity index (χ3n) is 2.21. The molecular formula is C12H15N3O4. The molecule has 1 N–H and O–H groups in total. The number of benzene rings is 1. The molecule has 7 nitrogen and oxygen atoms in total. The van der Waals surface area contributed by atoms with Crippen molar-refractivity contribution >= 4 is 5.97 Å². The van der Waals surface area contributed by atoms with Gasteiger partial charge in [-0.2, -0.15) is 0 Å². The first-order valence-corrected chi connectivity index (χ1v) is 5.68. The van der Waals surface area contributed by atoms with Crippen LogP contribution in [0.1, 0.15) is 5.56 Å². The molecule has 0 aliphatic rings. The lowest BCUT2D eigenvalue weighted by Crippen LogP contribution is -2.26. The number of rotatable bonds is 9. The predicted octanol–water partition coefficient (Wildman–Crippen LogP) is 1.98. The van der Waals surface area contributed by atoms with Crippen LogP contribution in [-0.2, 0) is 20.9 Å². The van der Waals surface area contributed by atoms with Gasteiger partial charge in [-0.15, -0.1) is 0 Å². The zero-order valence-corrected chi connectivity index (χ0v) is 10.3. The van der Waals surface area contributed by atoms with E-state index in [0.717, 1.165) is 5.56 Å². The van der Waals surface area contributed by atoms with Gasteiger partial charge in [0.15, 0.2) is 0 Å². The summed E-state index contributed by atoms with van der Waals surface area (Å²) >= 11 is 0. The Bertz CT molecular complexity index is 432. The molecule has 0 bridgehead atoms. The zero-order valence-electron chi connectivity index (χ0n) is 10.3. The topological polar surface area (TPSA) is 105 Å². The van der Waals surface area contributed by atoms with E-state index in [0.29, 0.717) is 6.61 Å². The van der Waals surface area contributed by atoms with Crippen molar-refractivity contribution in [3.05, 3.63) is 46.3 Å². The number of ether oxygens (including phenoxy) is 2. The second kappa shape index (κ2) is 8.93. The summed E-state index contributed by atoms with van der Waals surface area (Å²) in [4.78, 5) is 13.0. The molecule has 0 aliphatic carbocycles. The number of nitrogens with zero attached hydrogens (tertiary/aromatic N) is 3. The molecule has 1 aromatic carbocycles. The SMILES string of the molecule is [N-]=[N+]=NC[C@@H](COCc1ccccc1)OCC(=O)O. The summed E-state index contributed by atoms with van der Waals surface area (Å²) in [6.07, 6.45) is -0.560. The molecule has 1 atom stereocenters. The van der Waals surface area contributed by atoms with E-state index >= 15 is 0 Å². The molecule has 0 unspecified atom stereocenters. The molecule has 0 aromatic heterocycles. The minimum atomic E-state index is -1.08. The molecule has 0 saturated heterocycles. The lowest BCUT2D eigenvalue weighted by Gasteiger charge is -2.14. The number of carboxylic acids is 1. The van der Waals surface area contributed by atoms with Crippen molar-refractivity contribution < 1.29 is 19.4 Å². The zero-order chi connectivity index (χ0) is 13.9. The van der Waals surface area contributed by atoms with Crippen molar-refractivity contribution in [1.82, 2.24) is 0 Å². The first kappa shape index (κ1) is 15.0. The summed E-state index contributed by atoms with van der Waals surface area (Å²) in [6.45, 7) is 0.157. The number of hydrogen-bond acceptors (Lipinski definition) is 4. The van der Waals surface area contributed by atoms with Crippen molar-refractivity contribution in [3.8, 4) is 0 Å². The van der Waals surface area contributed by atoms with Gasteiger partial charge in [-0.1, -0.05) is 35.4 Å². The van der Waals surface area contributed by atoms with Gasteiger partial charge in [-0.3, -0.25) is 0 Å². The molecular weight excluding hydrogens is 250 g/mol.